The summed E-state index contributed by atoms with van der Waals surface area (Å²) >= 11 is 3.45. The van der Waals surface area contributed by atoms with Gasteiger partial charge in [-0.1, -0.05) is 58.4 Å². The third kappa shape index (κ3) is 3.42. The molecule has 0 aliphatic carbocycles. The summed E-state index contributed by atoms with van der Waals surface area (Å²) in [5.74, 6) is 0.929. The Morgan fingerprint density at radius 1 is 0.900 bits per heavy atom. The van der Waals surface area contributed by atoms with Gasteiger partial charge < -0.3 is 0 Å². The number of rotatable bonds is 4. The Morgan fingerprint density at radius 3 is 2.40 bits per heavy atom. The van der Waals surface area contributed by atoms with Gasteiger partial charge in [-0.05, 0) is 29.7 Å². The van der Waals surface area contributed by atoms with Gasteiger partial charge in [-0.2, -0.15) is 0 Å². The molecule has 3 rings (SSSR count). The van der Waals surface area contributed by atoms with Gasteiger partial charge in [0.25, 0.3) is 0 Å². The van der Waals surface area contributed by atoms with Crippen LogP contribution in [0.4, 0.5) is 0 Å². The monoisotopic (exact) mass is 326 g/mol. The van der Waals surface area contributed by atoms with Crippen molar-refractivity contribution < 1.29 is 0 Å². The predicted molar refractivity (Wildman–Crippen MR) is 87.7 cm³/mol. The van der Waals surface area contributed by atoms with Gasteiger partial charge in [-0.15, -0.1) is 0 Å². The fraction of sp³-hybridized carbons (Fsp3) is 0.176. The molecule has 20 heavy (non-hydrogen) atoms. The van der Waals surface area contributed by atoms with Crippen LogP contribution in [0.25, 0.3) is 0 Å². The molecule has 0 saturated carbocycles. The molecule has 1 unspecified atom stereocenters. The van der Waals surface area contributed by atoms with Crippen LogP contribution >= 0.6 is 15.9 Å². The van der Waals surface area contributed by atoms with Crippen molar-refractivity contribution >= 4 is 28.0 Å². The normalized spacial score (nSPS) is 17.2. The van der Waals surface area contributed by atoms with E-state index in [-0.39, 0.29) is 6.04 Å². The van der Waals surface area contributed by atoms with Gasteiger partial charge in [0.05, 0.1) is 6.04 Å². The second-order valence-electron chi connectivity index (χ2n) is 4.88. The van der Waals surface area contributed by atoms with Gasteiger partial charge in [-0.25, -0.2) is 4.99 Å². The van der Waals surface area contributed by atoms with Crippen LogP contribution in [-0.4, -0.2) is 18.1 Å². The first-order chi connectivity index (χ1) is 9.79. The fourth-order valence-electron chi connectivity index (χ4n) is 2.26. The smallest absolute Gasteiger partial charge is 0.127 e. The van der Waals surface area contributed by atoms with Crippen molar-refractivity contribution in [3.05, 3.63) is 70.2 Å². The van der Waals surface area contributed by atoms with Crippen LogP contribution in [-0.2, 0) is 12.8 Å². The van der Waals surface area contributed by atoms with Crippen molar-refractivity contribution in [2.75, 3.05) is 0 Å². The van der Waals surface area contributed by atoms with E-state index in [0.717, 1.165) is 23.1 Å². The lowest BCUT2D eigenvalue weighted by Crippen LogP contribution is -2.07. The molecule has 3 heteroatoms. The zero-order valence-corrected chi connectivity index (χ0v) is 12.6. The van der Waals surface area contributed by atoms with Crippen LogP contribution in [0.3, 0.4) is 0 Å². The van der Waals surface area contributed by atoms with E-state index >= 15 is 0 Å². The number of hydrogen-bond acceptors (Lipinski definition) is 2. The summed E-state index contributed by atoms with van der Waals surface area (Å²) in [7, 11) is 0. The van der Waals surface area contributed by atoms with E-state index in [0.29, 0.717) is 0 Å². The van der Waals surface area contributed by atoms with Crippen LogP contribution in [0.1, 0.15) is 11.1 Å². The molecule has 1 aliphatic rings. The Morgan fingerprint density at radius 2 is 1.65 bits per heavy atom. The maximum absolute atomic E-state index is 4.68. The van der Waals surface area contributed by atoms with Gasteiger partial charge >= 0.3 is 0 Å². The van der Waals surface area contributed by atoms with Crippen molar-refractivity contribution in [2.45, 2.75) is 18.9 Å². The van der Waals surface area contributed by atoms with Crippen LogP contribution in [0.15, 0.2) is 69.1 Å². The number of halogens is 1. The zero-order valence-electron chi connectivity index (χ0n) is 11.0. The van der Waals surface area contributed by atoms with E-state index in [4.69, 9.17) is 0 Å². The molecular formula is C17H15BrN2. The number of amidine groups is 1. The van der Waals surface area contributed by atoms with Gasteiger partial charge in [0.1, 0.15) is 5.84 Å². The zero-order chi connectivity index (χ0) is 13.8. The molecule has 1 aliphatic heterocycles. The van der Waals surface area contributed by atoms with Gasteiger partial charge in [0.2, 0.25) is 0 Å². The minimum absolute atomic E-state index is 0.176. The van der Waals surface area contributed by atoms with Crippen molar-refractivity contribution in [3.63, 3.8) is 0 Å². The molecule has 2 aromatic rings. The molecule has 1 atom stereocenters. The minimum atomic E-state index is 0.176. The van der Waals surface area contributed by atoms with Crippen molar-refractivity contribution in [3.8, 4) is 0 Å². The average Bonchev–Trinajstić information content (AvgIpc) is 2.90. The third-order valence-corrected chi connectivity index (χ3v) is 3.80. The van der Waals surface area contributed by atoms with Crippen LogP contribution < -0.4 is 0 Å². The summed E-state index contributed by atoms with van der Waals surface area (Å²) in [5, 5.41) is 0. The molecule has 0 amide bonds. The van der Waals surface area contributed by atoms with Gasteiger partial charge in [0, 0.05) is 17.1 Å². The lowest BCUT2D eigenvalue weighted by atomic mass is 10.1. The number of hydrogen-bond donors (Lipinski definition) is 0. The largest absolute Gasteiger partial charge is 0.261 e. The number of benzene rings is 2. The first-order valence-corrected chi connectivity index (χ1v) is 7.48. The summed E-state index contributed by atoms with van der Waals surface area (Å²) < 4.78 is 1.11. The Balaban J connectivity index is 1.63. The second-order valence-corrected chi connectivity index (χ2v) is 5.80. The summed E-state index contributed by atoms with van der Waals surface area (Å²) in [6.45, 7) is 0. The van der Waals surface area contributed by atoms with Crippen LogP contribution in [0, 0.1) is 0 Å². The molecule has 0 radical (unpaired) electrons. The summed E-state index contributed by atoms with van der Waals surface area (Å²) in [6.07, 6.45) is 3.68. The predicted octanol–water partition coefficient (Wildman–Crippen LogP) is 4.09. The van der Waals surface area contributed by atoms with Gasteiger partial charge in [-0.3, -0.25) is 4.99 Å². The first kappa shape index (κ1) is 13.3. The average molecular weight is 327 g/mol. The third-order valence-electron chi connectivity index (χ3n) is 3.27. The Kier molecular flexibility index (Phi) is 4.07. The lowest BCUT2D eigenvalue weighted by Gasteiger charge is -2.04. The molecule has 0 aromatic heterocycles. The van der Waals surface area contributed by atoms with Crippen LogP contribution in [0.5, 0.6) is 0 Å². The minimum Gasteiger partial charge on any atom is -0.261 e. The molecule has 2 nitrogen and oxygen atoms in total. The SMILES string of the molecule is Brc1ccc(CC2C=NC(Cc3ccccc3)=N2)cc1. The number of nitrogens with zero attached hydrogens (tertiary/aromatic N) is 2. The van der Waals surface area contributed by atoms with Gasteiger partial charge in [0.15, 0.2) is 0 Å². The second kappa shape index (κ2) is 6.14. The van der Waals surface area contributed by atoms with Crippen molar-refractivity contribution in [2.24, 2.45) is 9.98 Å². The van der Waals surface area contributed by atoms with E-state index in [1.807, 2.05) is 24.4 Å². The highest BCUT2D eigenvalue weighted by molar-refractivity contribution is 9.10. The molecule has 0 fully saturated rings. The quantitative estimate of drug-likeness (QED) is 0.808. The van der Waals surface area contributed by atoms with E-state index in [1.54, 1.807) is 0 Å². The number of aliphatic imine (C=N–C) groups is 2. The van der Waals surface area contributed by atoms with E-state index in [2.05, 4.69) is 62.3 Å². The highest BCUT2D eigenvalue weighted by Crippen LogP contribution is 2.14. The summed E-state index contributed by atoms with van der Waals surface area (Å²) in [4.78, 5) is 9.13. The molecule has 2 aromatic carbocycles. The van der Waals surface area contributed by atoms with Crippen LogP contribution in [0.2, 0.25) is 0 Å². The first-order valence-electron chi connectivity index (χ1n) is 6.69. The molecule has 1 heterocycles. The molecular weight excluding hydrogens is 312 g/mol. The fourth-order valence-corrected chi connectivity index (χ4v) is 2.52. The molecule has 0 saturated heterocycles. The highest BCUT2D eigenvalue weighted by Gasteiger charge is 2.13. The summed E-state index contributed by atoms with van der Waals surface area (Å²) in [6, 6.07) is 18.9. The maximum Gasteiger partial charge on any atom is 0.127 e. The Labute approximate surface area is 127 Å². The Bertz CT molecular complexity index is 630. The maximum atomic E-state index is 4.68. The molecule has 100 valence electrons. The van der Waals surface area contributed by atoms with E-state index in [9.17, 15) is 0 Å². The molecule has 0 bridgehead atoms. The van der Waals surface area contributed by atoms with Crippen molar-refractivity contribution in [1.29, 1.82) is 0 Å². The topological polar surface area (TPSA) is 24.7 Å². The Hall–Kier alpha value is -1.74. The highest BCUT2D eigenvalue weighted by atomic mass is 79.9. The van der Waals surface area contributed by atoms with Crippen molar-refractivity contribution in [1.82, 2.24) is 0 Å². The van der Waals surface area contributed by atoms with E-state index < -0.39 is 0 Å². The lowest BCUT2D eigenvalue weighted by molar-refractivity contribution is 0.876. The standard InChI is InChI=1S/C17H15BrN2/c18-15-8-6-14(7-9-15)10-16-12-19-17(20-16)11-13-4-2-1-3-5-13/h1-9,12,16H,10-11H2. The molecule has 0 spiro atoms. The summed E-state index contributed by atoms with van der Waals surface area (Å²) in [5.41, 5.74) is 2.54. The molecule has 0 N–H and O–H groups in total. The van der Waals surface area contributed by atoms with E-state index in [1.165, 1.54) is 11.1 Å².